The van der Waals surface area contributed by atoms with Gasteiger partial charge in [-0.05, 0) is 37.6 Å². The molecule has 10 nitrogen and oxygen atoms in total. The highest BCUT2D eigenvalue weighted by atomic mass is 35.5. The van der Waals surface area contributed by atoms with Crippen LogP contribution < -0.4 is 16.5 Å². The molecule has 0 aliphatic carbocycles. The summed E-state index contributed by atoms with van der Waals surface area (Å²) in [6, 6.07) is 16.1. The van der Waals surface area contributed by atoms with E-state index in [1.54, 1.807) is 18.2 Å². The van der Waals surface area contributed by atoms with Crippen molar-refractivity contribution < 1.29 is 13.4 Å². The standard InChI is InChI=1S/C28H20ClN5O5/c1-14-10-17(15(2)31-19-8-9-21(29)32-23(19)27-33-28(36)39-34-27)26-18(11-14)24(35)22(20-12-37-13-30-20)25(38-26)16-6-4-3-5-7-16/h3-13,15,31H,1-2H3,(H,33,34,36)/t15-/m1/s1. The predicted molar refractivity (Wildman–Crippen MR) is 146 cm³/mol. The molecule has 2 N–H and O–H groups in total. The maximum atomic E-state index is 13.9. The lowest BCUT2D eigenvalue weighted by molar-refractivity contribution is 0.388. The summed E-state index contributed by atoms with van der Waals surface area (Å²) in [5.74, 6) is -0.205. The van der Waals surface area contributed by atoms with Gasteiger partial charge < -0.3 is 14.2 Å². The molecule has 0 radical (unpaired) electrons. The van der Waals surface area contributed by atoms with Crippen LogP contribution in [0.25, 0.3) is 45.1 Å². The molecule has 0 saturated heterocycles. The van der Waals surface area contributed by atoms with Crippen LogP contribution in [0.5, 0.6) is 0 Å². The highest BCUT2D eigenvalue weighted by molar-refractivity contribution is 6.29. The lowest BCUT2D eigenvalue weighted by atomic mass is 9.97. The summed E-state index contributed by atoms with van der Waals surface area (Å²) in [5, 5.41) is 7.76. The molecule has 39 heavy (non-hydrogen) atoms. The van der Waals surface area contributed by atoms with E-state index in [1.165, 1.54) is 12.7 Å². The van der Waals surface area contributed by atoms with Crippen LogP contribution in [0.15, 0.2) is 90.2 Å². The Morgan fingerprint density at radius 2 is 1.90 bits per heavy atom. The van der Waals surface area contributed by atoms with Gasteiger partial charge in [-0.2, -0.15) is 0 Å². The molecule has 0 saturated carbocycles. The van der Waals surface area contributed by atoms with Crippen LogP contribution in [0.1, 0.15) is 24.1 Å². The zero-order valence-electron chi connectivity index (χ0n) is 20.7. The molecule has 0 amide bonds. The van der Waals surface area contributed by atoms with Crippen LogP contribution in [-0.2, 0) is 0 Å². The summed E-state index contributed by atoms with van der Waals surface area (Å²) in [7, 11) is 0. The van der Waals surface area contributed by atoms with Crippen molar-refractivity contribution in [3.63, 3.8) is 0 Å². The number of pyridine rings is 1. The van der Waals surface area contributed by atoms with Crippen molar-refractivity contribution in [1.29, 1.82) is 0 Å². The van der Waals surface area contributed by atoms with E-state index >= 15 is 0 Å². The van der Waals surface area contributed by atoms with E-state index in [0.29, 0.717) is 39.4 Å². The van der Waals surface area contributed by atoms with Crippen molar-refractivity contribution in [2.24, 2.45) is 0 Å². The van der Waals surface area contributed by atoms with Crippen molar-refractivity contribution in [2.75, 3.05) is 5.32 Å². The Morgan fingerprint density at radius 3 is 2.62 bits per heavy atom. The molecule has 0 aliphatic heterocycles. The summed E-state index contributed by atoms with van der Waals surface area (Å²) in [6.45, 7) is 3.83. The number of anilines is 1. The minimum absolute atomic E-state index is 0.126. The lowest BCUT2D eigenvalue weighted by Crippen LogP contribution is -2.13. The highest BCUT2D eigenvalue weighted by Crippen LogP contribution is 2.36. The smallest absolute Gasteiger partial charge is 0.439 e. The number of aromatic nitrogens is 4. The quantitative estimate of drug-likeness (QED) is 0.243. The fourth-order valence-corrected chi connectivity index (χ4v) is 4.68. The molecule has 0 aliphatic rings. The second-order valence-corrected chi connectivity index (χ2v) is 9.33. The van der Waals surface area contributed by atoms with Crippen LogP contribution in [-0.4, -0.2) is 20.1 Å². The van der Waals surface area contributed by atoms with Crippen molar-refractivity contribution in [3.8, 4) is 34.1 Å². The molecule has 0 bridgehead atoms. The fourth-order valence-electron chi connectivity index (χ4n) is 4.53. The van der Waals surface area contributed by atoms with E-state index < -0.39 is 5.76 Å². The number of aryl methyl sites for hydroxylation is 1. The third kappa shape index (κ3) is 4.51. The van der Waals surface area contributed by atoms with Crippen molar-refractivity contribution >= 4 is 28.3 Å². The number of nitrogens with zero attached hydrogens (tertiary/aromatic N) is 3. The molecule has 6 rings (SSSR count). The Hall–Kier alpha value is -4.96. The Labute approximate surface area is 225 Å². The van der Waals surface area contributed by atoms with Gasteiger partial charge in [0.05, 0.1) is 22.7 Å². The molecule has 0 unspecified atom stereocenters. The number of hydrogen-bond acceptors (Lipinski definition) is 9. The molecule has 0 fully saturated rings. The third-order valence-electron chi connectivity index (χ3n) is 6.25. The number of aromatic amines is 1. The molecule has 4 heterocycles. The summed E-state index contributed by atoms with van der Waals surface area (Å²) < 4.78 is 16.4. The first-order valence-electron chi connectivity index (χ1n) is 11.9. The van der Waals surface area contributed by atoms with Gasteiger partial charge in [0.15, 0.2) is 6.39 Å². The molecule has 11 heteroatoms. The van der Waals surface area contributed by atoms with Gasteiger partial charge >= 0.3 is 5.76 Å². The Balaban J connectivity index is 1.53. The maximum Gasteiger partial charge on any atom is 0.439 e. The van der Waals surface area contributed by atoms with Gasteiger partial charge in [0.25, 0.3) is 0 Å². The molecule has 4 aromatic heterocycles. The van der Waals surface area contributed by atoms with Crippen molar-refractivity contribution in [2.45, 2.75) is 19.9 Å². The summed E-state index contributed by atoms with van der Waals surface area (Å²) >= 11 is 6.13. The molecule has 194 valence electrons. The van der Waals surface area contributed by atoms with E-state index in [-0.39, 0.29) is 22.4 Å². The first kappa shape index (κ1) is 24.4. The maximum absolute atomic E-state index is 13.9. The zero-order chi connectivity index (χ0) is 27.1. The topological polar surface area (TPSA) is 140 Å². The Kier molecular flexibility index (Phi) is 6.08. The SMILES string of the molecule is Cc1cc([C@@H](C)Nc2ccc(Cl)nc2-c2noc(=O)[nH]2)c2oc(-c3ccccc3)c(-c3cocn3)c(=O)c2c1. The average Bonchev–Trinajstić information content (AvgIpc) is 3.62. The molecule has 1 atom stereocenters. The normalized spacial score (nSPS) is 12.1. The molecule has 6 aromatic rings. The zero-order valence-corrected chi connectivity index (χ0v) is 21.4. The number of hydrogen-bond donors (Lipinski definition) is 2. The van der Waals surface area contributed by atoms with Gasteiger partial charge in [0.2, 0.25) is 11.3 Å². The Bertz CT molecular complexity index is 1930. The number of oxazole rings is 1. The largest absolute Gasteiger partial charge is 0.455 e. The minimum Gasteiger partial charge on any atom is -0.455 e. The number of rotatable bonds is 6. The van der Waals surface area contributed by atoms with Gasteiger partial charge in [-0.25, -0.2) is 14.8 Å². The predicted octanol–water partition coefficient (Wildman–Crippen LogP) is 5.99. The van der Waals surface area contributed by atoms with E-state index in [4.69, 9.17) is 20.4 Å². The number of nitrogens with one attached hydrogen (secondary N) is 2. The molecule has 2 aromatic carbocycles. The number of H-pyrrole nitrogens is 1. The summed E-state index contributed by atoms with van der Waals surface area (Å²) in [6.07, 6.45) is 2.70. The number of benzene rings is 2. The number of fused-ring (bicyclic) bond motifs is 1. The monoisotopic (exact) mass is 541 g/mol. The summed E-state index contributed by atoms with van der Waals surface area (Å²) in [5.41, 5.74) is 4.07. The van der Waals surface area contributed by atoms with Gasteiger partial charge in [-0.1, -0.05) is 53.2 Å². The first-order valence-corrected chi connectivity index (χ1v) is 12.3. The average molecular weight is 542 g/mol. The van der Waals surface area contributed by atoms with Crippen molar-refractivity contribution in [1.82, 2.24) is 20.1 Å². The van der Waals surface area contributed by atoms with Crippen LogP contribution in [0, 0.1) is 6.92 Å². The third-order valence-corrected chi connectivity index (χ3v) is 6.46. The first-order chi connectivity index (χ1) is 18.9. The molecular formula is C28H20ClN5O5. The molecular weight excluding hydrogens is 522 g/mol. The van der Waals surface area contributed by atoms with Gasteiger partial charge in [0.1, 0.15) is 34.1 Å². The van der Waals surface area contributed by atoms with Gasteiger partial charge in [-0.15, -0.1) is 0 Å². The van der Waals surface area contributed by atoms with Crippen LogP contribution in [0.4, 0.5) is 5.69 Å². The minimum atomic E-state index is -0.714. The van der Waals surface area contributed by atoms with E-state index in [1.807, 2.05) is 50.2 Å². The molecule has 0 spiro atoms. The van der Waals surface area contributed by atoms with Crippen LogP contribution in [0.3, 0.4) is 0 Å². The number of halogens is 1. The lowest BCUT2D eigenvalue weighted by Gasteiger charge is -2.20. The van der Waals surface area contributed by atoms with E-state index in [9.17, 15) is 9.59 Å². The van der Waals surface area contributed by atoms with Gasteiger partial charge in [0, 0.05) is 11.1 Å². The second-order valence-electron chi connectivity index (χ2n) is 8.95. The Morgan fingerprint density at radius 1 is 1.08 bits per heavy atom. The van der Waals surface area contributed by atoms with Gasteiger partial charge in [-0.3, -0.25) is 14.3 Å². The van der Waals surface area contributed by atoms with Crippen LogP contribution >= 0.6 is 11.6 Å². The van der Waals surface area contributed by atoms with Crippen molar-refractivity contribution in [3.05, 3.63) is 104 Å². The fraction of sp³-hybridized carbons (Fsp3) is 0.107. The van der Waals surface area contributed by atoms with Crippen LogP contribution in [0.2, 0.25) is 5.15 Å². The summed E-state index contributed by atoms with van der Waals surface area (Å²) in [4.78, 5) is 36.5. The highest BCUT2D eigenvalue weighted by Gasteiger charge is 2.24. The van der Waals surface area contributed by atoms with E-state index in [0.717, 1.165) is 16.7 Å². The second kappa shape index (κ2) is 9.73. The van der Waals surface area contributed by atoms with E-state index in [2.05, 4.69) is 29.9 Å².